The summed E-state index contributed by atoms with van der Waals surface area (Å²) in [7, 11) is 0. The Hall–Kier alpha value is -4.33. The number of rotatable bonds is 6. The van der Waals surface area contributed by atoms with Gasteiger partial charge in [0.2, 0.25) is 17.7 Å². The van der Waals surface area contributed by atoms with Crippen LogP contribution in [0.3, 0.4) is 0 Å². The Labute approximate surface area is 214 Å². The van der Waals surface area contributed by atoms with E-state index in [-0.39, 0.29) is 36.3 Å². The van der Waals surface area contributed by atoms with Gasteiger partial charge in [0.25, 0.3) is 0 Å². The number of ketones is 1. The highest BCUT2D eigenvalue weighted by molar-refractivity contribution is 6.06. The van der Waals surface area contributed by atoms with Crippen molar-refractivity contribution in [3.63, 3.8) is 0 Å². The molecule has 1 aliphatic carbocycles. The first-order valence-electron chi connectivity index (χ1n) is 12.3. The number of anilines is 3. The minimum Gasteiger partial charge on any atom is -0.326 e. The Morgan fingerprint density at radius 1 is 0.973 bits per heavy atom. The third-order valence-corrected chi connectivity index (χ3v) is 7.20. The van der Waals surface area contributed by atoms with Crippen LogP contribution < -0.4 is 16.0 Å². The molecule has 1 aromatic heterocycles. The molecule has 8 nitrogen and oxygen atoms in total. The van der Waals surface area contributed by atoms with Gasteiger partial charge in [-0.15, -0.1) is 0 Å². The number of carbonyl (C=O) groups is 4. The summed E-state index contributed by atoms with van der Waals surface area (Å²) in [5, 5.41) is 8.58. The van der Waals surface area contributed by atoms with Gasteiger partial charge in [0.15, 0.2) is 5.78 Å². The number of hydrogen-bond donors (Lipinski definition) is 3. The zero-order valence-corrected chi connectivity index (χ0v) is 21.0. The molecule has 8 heteroatoms. The topological polar surface area (TPSA) is 117 Å². The van der Waals surface area contributed by atoms with Crippen molar-refractivity contribution in [3.8, 4) is 0 Å². The standard InChI is InChI=1S/C29H28N4O4/c1-16-11-20(12-17(2)26(16)31-18(3)34)24(35)8-9-25(36)32-22-7-6-19-14-29(15-21(19)13-22)23-5-4-10-30-27(23)33-28(29)37/h4-7,10-13H,8-9,14-15H2,1-3H3,(H,31,34)(H,32,36)(H,30,33,37). The number of nitrogens with zero attached hydrogens (tertiary/aromatic N) is 1. The Balaban J connectivity index is 1.22. The Morgan fingerprint density at radius 2 is 1.70 bits per heavy atom. The van der Waals surface area contributed by atoms with Crippen molar-refractivity contribution in [2.24, 2.45) is 0 Å². The molecule has 0 bridgehead atoms. The number of pyridine rings is 1. The summed E-state index contributed by atoms with van der Waals surface area (Å²) in [6.45, 7) is 5.12. The van der Waals surface area contributed by atoms with Crippen molar-refractivity contribution >= 4 is 40.7 Å². The molecule has 3 N–H and O–H groups in total. The van der Waals surface area contributed by atoms with Gasteiger partial charge in [-0.2, -0.15) is 0 Å². The fraction of sp³-hybridized carbons (Fsp3) is 0.276. The second-order valence-corrected chi connectivity index (χ2v) is 9.91. The van der Waals surface area contributed by atoms with Crippen LogP contribution in [0.5, 0.6) is 0 Å². The zero-order chi connectivity index (χ0) is 26.3. The summed E-state index contributed by atoms with van der Waals surface area (Å²) in [5.74, 6) is 0.0198. The minimum atomic E-state index is -0.660. The van der Waals surface area contributed by atoms with Crippen molar-refractivity contribution < 1.29 is 19.2 Å². The van der Waals surface area contributed by atoms with E-state index < -0.39 is 5.41 Å². The fourth-order valence-corrected chi connectivity index (χ4v) is 5.44. The predicted molar refractivity (Wildman–Crippen MR) is 141 cm³/mol. The van der Waals surface area contributed by atoms with E-state index in [1.54, 1.807) is 18.3 Å². The predicted octanol–water partition coefficient (Wildman–Crippen LogP) is 4.25. The second-order valence-electron chi connectivity index (χ2n) is 9.91. The van der Waals surface area contributed by atoms with E-state index in [2.05, 4.69) is 20.9 Å². The number of carbonyl (C=O) groups excluding carboxylic acids is 4. The Bertz CT molecular complexity index is 1460. The summed E-state index contributed by atoms with van der Waals surface area (Å²) >= 11 is 0. The van der Waals surface area contributed by atoms with E-state index in [9.17, 15) is 19.2 Å². The quantitative estimate of drug-likeness (QED) is 0.441. The van der Waals surface area contributed by atoms with Crippen LogP contribution >= 0.6 is 0 Å². The molecule has 3 amide bonds. The SMILES string of the molecule is CC(=O)Nc1c(C)cc(C(=O)CCC(=O)Nc2ccc3c(c2)CC2(C3)C(=O)Nc3ncccc32)cc1C. The number of amides is 3. The summed E-state index contributed by atoms with van der Waals surface area (Å²) in [4.78, 5) is 54.0. The third kappa shape index (κ3) is 4.50. The molecule has 0 saturated heterocycles. The molecule has 2 aromatic carbocycles. The van der Waals surface area contributed by atoms with Crippen LogP contribution in [0, 0.1) is 13.8 Å². The van der Waals surface area contributed by atoms with E-state index in [0.29, 0.717) is 35.6 Å². The molecule has 1 aliphatic heterocycles. The van der Waals surface area contributed by atoms with E-state index in [1.807, 2.05) is 44.2 Å². The number of Topliss-reactive ketones (excluding diaryl/α,β-unsaturated/α-hetero) is 1. The molecule has 1 unspecified atom stereocenters. The average Bonchev–Trinajstić information content (AvgIpc) is 3.36. The van der Waals surface area contributed by atoms with Gasteiger partial charge < -0.3 is 16.0 Å². The molecule has 5 rings (SSSR count). The molecule has 2 heterocycles. The molecule has 0 radical (unpaired) electrons. The van der Waals surface area contributed by atoms with Crippen LogP contribution in [0.2, 0.25) is 0 Å². The number of nitrogens with one attached hydrogen (secondary N) is 3. The maximum absolute atomic E-state index is 12.9. The highest BCUT2D eigenvalue weighted by Gasteiger charge is 2.51. The van der Waals surface area contributed by atoms with Crippen molar-refractivity contribution in [1.82, 2.24) is 4.98 Å². The highest BCUT2D eigenvalue weighted by atomic mass is 16.2. The molecular weight excluding hydrogens is 468 g/mol. The second kappa shape index (κ2) is 9.28. The van der Waals surface area contributed by atoms with Crippen molar-refractivity contribution in [2.75, 3.05) is 16.0 Å². The Kier molecular flexibility index (Phi) is 6.11. The first kappa shape index (κ1) is 24.4. The van der Waals surface area contributed by atoms with E-state index in [4.69, 9.17) is 0 Å². The lowest BCUT2D eigenvalue weighted by atomic mass is 9.79. The van der Waals surface area contributed by atoms with Gasteiger partial charge in [-0.1, -0.05) is 12.1 Å². The van der Waals surface area contributed by atoms with Gasteiger partial charge in [0.1, 0.15) is 5.82 Å². The van der Waals surface area contributed by atoms with Gasteiger partial charge in [-0.3, -0.25) is 19.2 Å². The largest absolute Gasteiger partial charge is 0.326 e. The first-order valence-corrected chi connectivity index (χ1v) is 12.3. The van der Waals surface area contributed by atoms with Crippen LogP contribution in [-0.4, -0.2) is 28.5 Å². The lowest BCUT2D eigenvalue weighted by Crippen LogP contribution is -2.35. The lowest BCUT2D eigenvalue weighted by molar-refractivity contribution is -0.120. The molecule has 0 saturated carbocycles. The minimum absolute atomic E-state index is 0.0444. The number of aryl methyl sites for hydroxylation is 2. The molecule has 1 spiro atoms. The zero-order valence-electron chi connectivity index (χ0n) is 21.0. The van der Waals surface area contributed by atoms with Crippen LogP contribution in [0.1, 0.15) is 57.9 Å². The average molecular weight is 497 g/mol. The summed E-state index contributed by atoms with van der Waals surface area (Å²) in [5.41, 5.74) is 5.81. The molecular formula is C29H28N4O4. The van der Waals surface area contributed by atoms with Crippen molar-refractivity contribution in [3.05, 3.63) is 82.0 Å². The number of fused-ring (bicyclic) bond motifs is 3. The third-order valence-electron chi connectivity index (χ3n) is 7.20. The molecule has 37 heavy (non-hydrogen) atoms. The van der Waals surface area contributed by atoms with Gasteiger partial charge in [0, 0.05) is 48.5 Å². The number of benzene rings is 2. The van der Waals surface area contributed by atoms with Crippen molar-refractivity contribution in [1.29, 1.82) is 0 Å². The van der Waals surface area contributed by atoms with Crippen LogP contribution in [-0.2, 0) is 32.6 Å². The molecule has 188 valence electrons. The summed E-state index contributed by atoms with van der Waals surface area (Å²) in [6, 6.07) is 13.0. The monoisotopic (exact) mass is 496 g/mol. The normalized spacial score (nSPS) is 17.2. The van der Waals surface area contributed by atoms with Crippen molar-refractivity contribution in [2.45, 2.75) is 51.9 Å². The Morgan fingerprint density at radius 3 is 2.43 bits per heavy atom. The van der Waals surface area contributed by atoms with Crippen LogP contribution in [0.15, 0.2) is 48.7 Å². The molecule has 0 fully saturated rings. The maximum Gasteiger partial charge on any atom is 0.237 e. The molecule has 2 aliphatic rings. The first-order chi connectivity index (χ1) is 17.7. The smallest absolute Gasteiger partial charge is 0.237 e. The van der Waals surface area contributed by atoms with E-state index >= 15 is 0 Å². The maximum atomic E-state index is 12.9. The van der Waals surface area contributed by atoms with Gasteiger partial charge in [-0.05, 0) is 79.3 Å². The van der Waals surface area contributed by atoms with Crippen LogP contribution in [0.4, 0.5) is 17.2 Å². The summed E-state index contributed by atoms with van der Waals surface area (Å²) in [6.07, 6.45) is 2.92. The lowest BCUT2D eigenvalue weighted by Gasteiger charge is -2.20. The molecule has 1 atom stereocenters. The van der Waals surface area contributed by atoms with Gasteiger partial charge in [-0.25, -0.2) is 4.98 Å². The van der Waals surface area contributed by atoms with Crippen LogP contribution in [0.25, 0.3) is 0 Å². The van der Waals surface area contributed by atoms with Gasteiger partial charge >= 0.3 is 0 Å². The molecule has 3 aromatic rings. The highest BCUT2D eigenvalue weighted by Crippen LogP contribution is 2.46. The summed E-state index contributed by atoms with van der Waals surface area (Å²) < 4.78 is 0. The van der Waals surface area contributed by atoms with E-state index in [0.717, 1.165) is 27.8 Å². The van der Waals surface area contributed by atoms with E-state index in [1.165, 1.54) is 6.92 Å². The fourth-order valence-electron chi connectivity index (χ4n) is 5.44. The number of aromatic nitrogens is 1. The van der Waals surface area contributed by atoms with Gasteiger partial charge in [0.05, 0.1) is 5.41 Å². The number of hydrogen-bond acceptors (Lipinski definition) is 5.